The van der Waals surface area contributed by atoms with Crippen LogP contribution in [-0.2, 0) is 18.4 Å². The molecule has 0 bridgehead atoms. The molecule has 2 rings (SSSR count). The lowest BCUT2D eigenvalue weighted by Gasteiger charge is -2.28. The smallest absolute Gasteiger partial charge is 0.126 e. The van der Waals surface area contributed by atoms with Crippen LogP contribution in [0.25, 0.3) is 0 Å². The number of hydrogen-bond acceptors (Lipinski definition) is 1. The fourth-order valence-corrected chi connectivity index (χ4v) is 2.27. The van der Waals surface area contributed by atoms with Crippen LogP contribution in [0.2, 0.25) is 0 Å². The Morgan fingerprint density at radius 3 is 2.60 bits per heavy atom. The van der Waals surface area contributed by atoms with E-state index in [-0.39, 0.29) is 11.2 Å². The predicted octanol–water partition coefficient (Wildman–Crippen LogP) is 2.77. The first-order valence-corrected chi connectivity index (χ1v) is 5.51. The topological polar surface area (TPSA) is 12.0 Å². The minimum Gasteiger partial charge on any atom is -0.312 e. The fourth-order valence-electron chi connectivity index (χ4n) is 2.27. The summed E-state index contributed by atoms with van der Waals surface area (Å²) in [6.07, 6.45) is 0.811. The van der Waals surface area contributed by atoms with Gasteiger partial charge in [-0.1, -0.05) is 26.8 Å². The van der Waals surface area contributed by atoms with Gasteiger partial charge in [0.05, 0.1) is 0 Å². The van der Waals surface area contributed by atoms with Gasteiger partial charge in [-0.15, -0.1) is 0 Å². The third-order valence-corrected chi connectivity index (χ3v) is 3.04. The van der Waals surface area contributed by atoms with Crippen LogP contribution in [-0.4, -0.2) is 6.54 Å². The van der Waals surface area contributed by atoms with Crippen LogP contribution >= 0.6 is 0 Å². The standard InChI is InChI=1S/C13H18FN/c1-13(2,3)11-4-5-12(14)9-6-7-15-8-10(9)11/h4-5,15H,6-8H2,1-3H3. The van der Waals surface area contributed by atoms with Crippen LogP contribution in [0.4, 0.5) is 4.39 Å². The molecule has 0 fully saturated rings. The monoisotopic (exact) mass is 207 g/mol. The highest BCUT2D eigenvalue weighted by Gasteiger charge is 2.23. The van der Waals surface area contributed by atoms with Gasteiger partial charge in [0.15, 0.2) is 0 Å². The highest BCUT2D eigenvalue weighted by molar-refractivity contribution is 5.41. The van der Waals surface area contributed by atoms with Gasteiger partial charge in [-0.05, 0) is 41.1 Å². The third-order valence-electron chi connectivity index (χ3n) is 3.04. The van der Waals surface area contributed by atoms with Crippen molar-refractivity contribution >= 4 is 0 Å². The predicted molar refractivity (Wildman–Crippen MR) is 60.5 cm³/mol. The zero-order chi connectivity index (χ0) is 11.1. The largest absolute Gasteiger partial charge is 0.312 e. The van der Waals surface area contributed by atoms with Crippen LogP contribution in [0.3, 0.4) is 0 Å². The summed E-state index contributed by atoms with van der Waals surface area (Å²) < 4.78 is 13.6. The van der Waals surface area contributed by atoms with E-state index in [9.17, 15) is 4.39 Å². The number of halogens is 1. The molecule has 1 aromatic rings. The van der Waals surface area contributed by atoms with Gasteiger partial charge in [-0.25, -0.2) is 4.39 Å². The number of hydrogen-bond donors (Lipinski definition) is 1. The van der Waals surface area contributed by atoms with E-state index in [2.05, 4.69) is 26.1 Å². The number of nitrogens with one attached hydrogen (secondary N) is 1. The number of fused-ring (bicyclic) bond motifs is 1. The van der Waals surface area contributed by atoms with Gasteiger partial charge in [0, 0.05) is 6.54 Å². The highest BCUT2D eigenvalue weighted by atomic mass is 19.1. The van der Waals surface area contributed by atoms with E-state index in [0.29, 0.717) is 0 Å². The molecule has 0 saturated heterocycles. The molecule has 82 valence electrons. The lowest BCUT2D eigenvalue weighted by Crippen LogP contribution is -2.28. The molecule has 0 radical (unpaired) electrons. The normalized spacial score (nSPS) is 16.3. The number of benzene rings is 1. The Kier molecular flexibility index (Phi) is 2.55. The van der Waals surface area contributed by atoms with E-state index in [0.717, 1.165) is 25.1 Å². The minimum atomic E-state index is -0.0421. The Labute approximate surface area is 90.7 Å². The average molecular weight is 207 g/mol. The van der Waals surface area contributed by atoms with Crippen LogP contribution in [0.15, 0.2) is 12.1 Å². The second-order valence-corrected chi connectivity index (χ2v) is 5.23. The average Bonchev–Trinajstić information content (AvgIpc) is 2.17. The Morgan fingerprint density at radius 1 is 1.20 bits per heavy atom. The van der Waals surface area contributed by atoms with Crippen LogP contribution < -0.4 is 5.32 Å². The molecule has 15 heavy (non-hydrogen) atoms. The Hall–Kier alpha value is -0.890. The zero-order valence-corrected chi connectivity index (χ0v) is 9.65. The summed E-state index contributed by atoms with van der Waals surface area (Å²) in [6, 6.07) is 3.55. The molecular formula is C13H18FN. The van der Waals surface area contributed by atoms with Crippen LogP contribution in [0.5, 0.6) is 0 Å². The summed E-state index contributed by atoms with van der Waals surface area (Å²) in [5.74, 6) is -0.0421. The summed E-state index contributed by atoms with van der Waals surface area (Å²) in [6.45, 7) is 8.22. The quantitative estimate of drug-likeness (QED) is 0.689. The molecule has 1 aromatic carbocycles. The molecule has 0 amide bonds. The highest BCUT2D eigenvalue weighted by Crippen LogP contribution is 2.30. The van der Waals surface area contributed by atoms with Crippen molar-refractivity contribution in [2.24, 2.45) is 0 Å². The van der Waals surface area contributed by atoms with Gasteiger partial charge in [-0.3, -0.25) is 0 Å². The summed E-state index contributed by atoms with van der Waals surface area (Å²) in [4.78, 5) is 0. The molecule has 0 unspecified atom stereocenters. The first-order chi connectivity index (χ1) is 7.00. The van der Waals surface area contributed by atoms with Crippen molar-refractivity contribution < 1.29 is 4.39 Å². The van der Waals surface area contributed by atoms with Crippen molar-refractivity contribution in [3.8, 4) is 0 Å². The summed E-state index contributed by atoms with van der Waals surface area (Å²) >= 11 is 0. The maximum Gasteiger partial charge on any atom is 0.126 e. The first kappa shape index (κ1) is 10.6. The van der Waals surface area contributed by atoms with Gasteiger partial charge >= 0.3 is 0 Å². The van der Waals surface area contributed by atoms with Crippen molar-refractivity contribution in [3.05, 3.63) is 34.6 Å². The lowest BCUT2D eigenvalue weighted by atomic mass is 9.80. The molecule has 1 heterocycles. The third kappa shape index (κ3) is 1.91. The molecule has 1 nitrogen and oxygen atoms in total. The van der Waals surface area contributed by atoms with Crippen molar-refractivity contribution in [3.63, 3.8) is 0 Å². The minimum absolute atomic E-state index is 0.0421. The van der Waals surface area contributed by atoms with Crippen molar-refractivity contribution in [1.82, 2.24) is 5.32 Å². The Morgan fingerprint density at radius 2 is 1.93 bits per heavy atom. The van der Waals surface area contributed by atoms with Crippen molar-refractivity contribution in [1.29, 1.82) is 0 Å². The van der Waals surface area contributed by atoms with Crippen molar-refractivity contribution in [2.75, 3.05) is 6.54 Å². The Bertz CT molecular complexity index is 377. The maximum atomic E-state index is 13.6. The molecule has 2 heteroatoms. The van der Waals surface area contributed by atoms with Crippen LogP contribution in [0, 0.1) is 5.82 Å². The second kappa shape index (κ2) is 3.60. The molecular weight excluding hydrogens is 189 g/mol. The van der Waals surface area contributed by atoms with Gasteiger partial charge < -0.3 is 5.32 Å². The van der Waals surface area contributed by atoms with Gasteiger partial charge in [0.1, 0.15) is 5.82 Å². The summed E-state index contributed by atoms with van der Waals surface area (Å²) in [7, 11) is 0. The maximum absolute atomic E-state index is 13.6. The van der Waals surface area contributed by atoms with E-state index < -0.39 is 0 Å². The fraction of sp³-hybridized carbons (Fsp3) is 0.538. The summed E-state index contributed by atoms with van der Waals surface area (Å²) in [5.41, 5.74) is 3.46. The molecule has 0 aromatic heterocycles. The van der Waals surface area contributed by atoms with E-state index >= 15 is 0 Å². The molecule has 0 aliphatic carbocycles. The molecule has 1 aliphatic rings. The Balaban J connectivity index is 2.58. The zero-order valence-electron chi connectivity index (χ0n) is 9.65. The van der Waals surface area contributed by atoms with E-state index in [1.807, 2.05) is 6.07 Å². The molecule has 0 spiro atoms. The molecule has 0 atom stereocenters. The van der Waals surface area contributed by atoms with Gasteiger partial charge in [0.25, 0.3) is 0 Å². The lowest BCUT2D eigenvalue weighted by molar-refractivity contribution is 0.534. The summed E-state index contributed by atoms with van der Waals surface area (Å²) in [5, 5.41) is 3.31. The van der Waals surface area contributed by atoms with E-state index in [1.165, 1.54) is 11.1 Å². The van der Waals surface area contributed by atoms with Crippen LogP contribution in [0.1, 0.15) is 37.5 Å². The SMILES string of the molecule is CC(C)(C)c1ccc(F)c2c1CNCC2. The van der Waals surface area contributed by atoms with E-state index in [4.69, 9.17) is 0 Å². The second-order valence-electron chi connectivity index (χ2n) is 5.23. The van der Waals surface area contributed by atoms with Gasteiger partial charge in [0.2, 0.25) is 0 Å². The molecule has 1 N–H and O–H groups in total. The molecule has 1 aliphatic heterocycles. The molecule has 0 saturated carbocycles. The van der Waals surface area contributed by atoms with E-state index in [1.54, 1.807) is 6.07 Å². The first-order valence-electron chi connectivity index (χ1n) is 5.51. The van der Waals surface area contributed by atoms with Crippen molar-refractivity contribution in [2.45, 2.75) is 39.2 Å². The number of rotatable bonds is 0. The van der Waals surface area contributed by atoms with Gasteiger partial charge in [-0.2, -0.15) is 0 Å².